The second-order valence-corrected chi connectivity index (χ2v) is 4.40. The minimum atomic E-state index is 0.324. The van der Waals surface area contributed by atoms with Gasteiger partial charge in [-0.15, -0.1) is 0 Å². The van der Waals surface area contributed by atoms with E-state index in [2.05, 4.69) is 13.8 Å². The Morgan fingerprint density at radius 2 is 2.23 bits per heavy atom. The van der Waals surface area contributed by atoms with Gasteiger partial charge in [-0.05, 0) is 37.5 Å². The summed E-state index contributed by atoms with van der Waals surface area (Å²) in [6.07, 6.45) is 5.15. The van der Waals surface area contributed by atoms with Crippen LogP contribution in [0.2, 0.25) is 0 Å². The van der Waals surface area contributed by atoms with Crippen LogP contribution < -0.4 is 0 Å². The standard InChI is InChI=1S/C11H22O2/c1-9(2)10(8-12)5-6-11-4-3-7-13-11/h9-12H,3-8H2,1-2H3. The van der Waals surface area contributed by atoms with Gasteiger partial charge in [-0.3, -0.25) is 0 Å². The predicted molar refractivity (Wildman–Crippen MR) is 53.6 cm³/mol. The number of aliphatic hydroxyl groups excluding tert-OH is 1. The normalized spacial score (nSPS) is 25.4. The molecule has 1 rings (SSSR count). The Kier molecular flexibility index (Phi) is 4.74. The van der Waals surface area contributed by atoms with Crippen molar-refractivity contribution in [1.82, 2.24) is 0 Å². The van der Waals surface area contributed by atoms with Crippen molar-refractivity contribution in [3.8, 4) is 0 Å². The highest BCUT2D eigenvalue weighted by Gasteiger charge is 2.18. The molecule has 2 unspecified atom stereocenters. The Balaban J connectivity index is 2.15. The molecular weight excluding hydrogens is 164 g/mol. The van der Waals surface area contributed by atoms with Crippen LogP contribution in [0.3, 0.4) is 0 Å². The highest BCUT2D eigenvalue weighted by atomic mass is 16.5. The van der Waals surface area contributed by atoms with Gasteiger partial charge in [0.25, 0.3) is 0 Å². The number of rotatable bonds is 5. The monoisotopic (exact) mass is 186 g/mol. The van der Waals surface area contributed by atoms with Crippen molar-refractivity contribution in [3.63, 3.8) is 0 Å². The van der Waals surface area contributed by atoms with E-state index < -0.39 is 0 Å². The van der Waals surface area contributed by atoms with Crippen LogP contribution >= 0.6 is 0 Å². The molecule has 0 saturated carbocycles. The molecule has 13 heavy (non-hydrogen) atoms. The minimum absolute atomic E-state index is 0.324. The first kappa shape index (κ1) is 11.0. The zero-order chi connectivity index (χ0) is 9.68. The average Bonchev–Trinajstić information content (AvgIpc) is 2.57. The van der Waals surface area contributed by atoms with Gasteiger partial charge in [0.2, 0.25) is 0 Å². The lowest BCUT2D eigenvalue weighted by Gasteiger charge is -2.19. The van der Waals surface area contributed by atoms with Crippen molar-refractivity contribution in [2.45, 2.75) is 45.6 Å². The van der Waals surface area contributed by atoms with Gasteiger partial charge in [-0.25, -0.2) is 0 Å². The van der Waals surface area contributed by atoms with E-state index in [4.69, 9.17) is 9.84 Å². The minimum Gasteiger partial charge on any atom is -0.396 e. The van der Waals surface area contributed by atoms with Gasteiger partial charge >= 0.3 is 0 Å². The Hall–Kier alpha value is -0.0800. The predicted octanol–water partition coefficient (Wildman–Crippen LogP) is 2.21. The van der Waals surface area contributed by atoms with Crippen molar-refractivity contribution >= 4 is 0 Å². The fraction of sp³-hybridized carbons (Fsp3) is 1.00. The van der Waals surface area contributed by atoms with E-state index in [1.165, 1.54) is 12.8 Å². The molecule has 1 heterocycles. The van der Waals surface area contributed by atoms with Crippen LogP contribution in [0, 0.1) is 11.8 Å². The SMILES string of the molecule is CC(C)C(CO)CCC1CCCO1. The molecule has 1 N–H and O–H groups in total. The largest absolute Gasteiger partial charge is 0.396 e. The molecule has 2 atom stereocenters. The molecular formula is C11H22O2. The zero-order valence-corrected chi connectivity index (χ0v) is 8.83. The lowest BCUT2D eigenvalue weighted by Crippen LogP contribution is -2.16. The summed E-state index contributed by atoms with van der Waals surface area (Å²) < 4.78 is 5.55. The van der Waals surface area contributed by atoms with Crippen LogP contribution in [0.1, 0.15) is 39.5 Å². The Morgan fingerprint density at radius 3 is 2.69 bits per heavy atom. The van der Waals surface area contributed by atoms with Crippen LogP contribution in [-0.2, 0) is 4.74 Å². The molecule has 1 aliphatic rings. The molecule has 0 aromatic heterocycles. The summed E-state index contributed by atoms with van der Waals surface area (Å²) in [5.74, 6) is 1.05. The van der Waals surface area contributed by atoms with Crippen molar-refractivity contribution in [2.75, 3.05) is 13.2 Å². The maximum absolute atomic E-state index is 9.13. The molecule has 1 saturated heterocycles. The van der Waals surface area contributed by atoms with Crippen molar-refractivity contribution in [3.05, 3.63) is 0 Å². The summed E-state index contributed by atoms with van der Waals surface area (Å²) in [4.78, 5) is 0. The van der Waals surface area contributed by atoms with Gasteiger partial charge in [0, 0.05) is 13.2 Å². The van der Waals surface area contributed by atoms with E-state index >= 15 is 0 Å². The molecule has 78 valence electrons. The summed E-state index contributed by atoms with van der Waals surface area (Å²) in [5, 5.41) is 9.13. The third kappa shape index (κ3) is 3.65. The maximum atomic E-state index is 9.13. The van der Waals surface area contributed by atoms with Gasteiger partial charge in [0.1, 0.15) is 0 Å². The zero-order valence-electron chi connectivity index (χ0n) is 8.83. The fourth-order valence-corrected chi connectivity index (χ4v) is 1.91. The van der Waals surface area contributed by atoms with Crippen LogP contribution in [0.4, 0.5) is 0 Å². The van der Waals surface area contributed by atoms with E-state index in [1.54, 1.807) is 0 Å². The molecule has 2 heteroatoms. The van der Waals surface area contributed by atoms with E-state index in [1.807, 2.05) is 0 Å². The second kappa shape index (κ2) is 5.61. The topological polar surface area (TPSA) is 29.5 Å². The van der Waals surface area contributed by atoms with Gasteiger partial charge < -0.3 is 9.84 Å². The molecule has 1 fully saturated rings. The third-order valence-electron chi connectivity index (χ3n) is 3.06. The van der Waals surface area contributed by atoms with Crippen LogP contribution in [-0.4, -0.2) is 24.4 Å². The summed E-state index contributed by atoms with van der Waals surface area (Å²) in [7, 11) is 0. The van der Waals surface area contributed by atoms with Gasteiger partial charge in [0.15, 0.2) is 0 Å². The van der Waals surface area contributed by atoms with Crippen LogP contribution in [0.25, 0.3) is 0 Å². The van der Waals surface area contributed by atoms with Gasteiger partial charge in [-0.2, -0.15) is 0 Å². The van der Waals surface area contributed by atoms with Gasteiger partial charge in [0.05, 0.1) is 6.10 Å². The van der Waals surface area contributed by atoms with Crippen molar-refractivity contribution in [1.29, 1.82) is 0 Å². The number of hydrogen-bond acceptors (Lipinski definition) is 2. The number of hydrogen-bond donors (Lipinski definition) is 1. The summed E-state index contributed by atoms with van der Waals surface area (Å²) in [6.45, 7) is 5.62. The maximum Gasteiger partial charge on any atom is 0.0576 e. The number of aliphatic hydroxyl groups is 1. The van der Waals surface area contributed by atoms with Crippen LogP contribution in [0.15, 0.2) is 0 Å². The first-order valence-corrected chi connectivity index (χ1v) is 5.46. The molecule has 1 aliphatic heterocycles. The smallest absolute Gasteiger partial charge is 0.0576 e. The van der Waals surface area contributed by atoms with Crippen LogP contribution in [0.5, 0.6) is 0 Å². The average molecular weight is 186 g/mol. The van der Waals surface area contributed by atoms with Gasteiger partial charge in [-0.1, -0.05) is 13.8 Å². The molecule has 0 aromatic rings. The Labute approximate surface area is 81.3 Å². The van der Waals surface area contributed by atoms with E-state index in [0.29, 0.717) is 24.5 Å². The molecule has 0 aromatic carbocycles. The molecule has 0 amide bonds. The first-order chi connectivity index (χ1) is 6.24. The summed E-state index contributed by atoms with van der Waals surface area (Å²) in [5.41, 5.74) is 0. The molecule has 0 aliphatic carbocycles. The lowest BCUT2D eigenvalue weighted by molar-refractivity contribution is 0.0878. The Bertz CT molecular complexity index is 128. The first-order valence-electron chi connectivity index (χ1n) is 5.46. The molecule has 0 bridgehead atoms. The van der Waals surface area contributed by atoms with Crippen molar-refractivity contribution in [2.24, 2.45) is 11.8 Å². The fourth-order valence-electron chi connectivity index (χ4n) is 1.91. The molecule has 2 nitrogen and oxygen atoms in total. The highest BCUT2D eigenvalue weighted by molar-refractivity contribution is 4.69. The highest BCUT2D eigenvalue weighted by Crippen LogP contribution is 2.22. The summed E-state index contributed by atoms with van der Waals surface area (Å²) >= 11 is 0. The van der Waals surface area contributed by atoms with E-state index in [-0.39, 0.29) is 0 Å². The third-order valence-corrected chi connectivity index (χ3v) is 3.06. The quantitative estimate of drug-likeness (QED) is 0.713. The second-order valence-electron chi connectivity index (χ2n) is 4.40. The lowest BCUT2D eigenvalue weighted by atomic mass is 9.90. The number of ether oxygens (including phenoxy) is 1. The van der Waals surface area contributed by atoms with E-state index in [9.17, 15) is 0 Å². The molecule has 0 radical (unpaired) electrons. The Morgan fingerprint density at radius 1 is 1.46 bits per heavy atom. The van der Waals surface area contributed by atoms with E-state index in [0.717, 1.165) is 19.4 Å². The van der Waals surface area contributed by atoms with Crippen molar-refractivity contribution < 1.29 is 9.84 Å². The summed E-state index contributed by atoms with van der Waals surface area (Å²) in [6, 6.07) is 0. The molecule has 0 spiro atoms.